The SMILES string of the molecule is O=C(N[C@H]1C=CS(=O)(=O)C1)c1coc(COc2cccc3cnccc23)n1. The summed E-state index contributed by atoms with van der Waals surface area (Å²) in [5.74, 6) is 0.233. The van der Waals surface area contributed by atoms with E-state index < -0.39 is 21.8 Å². The van der Waals surface area contributed by atoms with Crippen LogP contribution in [0.3, 0.4) is 0 Å². The number of carbonyl (C=O) groups excluding carboxylic acids is 1. The fraction of sp³-hybridized carbons (Fsp3) is 0.167. The second-order valence-corrected chi connectivity index (χ2v) is 7.94. The highest BCUT2D eigenvalue weighted by Gasteiger charge is 2.24. The van der Waals surface area contributed by atoms with E-state index in [4.69, 9.17) is 9.15 Å². The number of fused-ring (bicyclic) bond motifs is 1. The molecule has 3 heterocycles. The lowest BCUT2D eigenvalue weighted by Gasteiger charge is -2.08. The Hall–Kier alpha value is -3.20. The predicted molar refractivity (Wildman–Crippen MR) is 96.8 cm³/mol. The second kappa shape index (κ2) is 6.84. The number of carbonyl (C=O) groups is 1. The average Bonchev–Trinajstić information content (AvgIpc) is 3.26. The van der Waals surface area contributed by atoms with Crippen molar-refractivity contribution in [1.29, 1.82) is 0 Å². The zero-order valence-corrected chi connectivity index (χ0v) is 14.8. The molecule has 1 atom stereocenters. The molecule has 0 saturated heterocycles. The van der Waals surface area contributed by atoms with E-state index in [1.54, 1.807) is 12.4 Å². The first-order valence-corrected chi connectivity index (χ1v) is 9.83. The molecular formula is C18H15N3O5S. The van der Waals surface area contributed by atoms with Crippen molar-refractivity contribution in [3.63, 3.8) is 0 Å². The fourth-order valence-electron chi connectivity index (χ4n) is 2.75. The summed E-state index contributed by atoms with van der Waals surface area (Å²) in [7, 11) is -3.24. The van der Waals surface area contributed by atoms with Crippen LogP contribution in [0, 0.1) is 0 Å². The molecule has 4 rings (SSSR count). The quantitative estimate of drug-likeness (QED) is 0.713. The van der Waals surface area contributed by atoms with Crippen LogP contribution < -0.4 is 10.1 Å². The maximum atomic E-state index is 12.2. The van der Waals surface area contributed by atoms with Gasteiger partial charge in [0.15, 0.2) is 22.1 Å². The summed E-state index contributed by atoms with van der Waals surface area (Å²) in [4.78, 5) is 20.3. The minimum Gasteiger partial charge on any atom is -0.483 e. The number of sulfone groups is 1. The lowest BCUT2D eigenvalue weighted by atomic mass is 10.1. The van der Waals surface area contributed by atoms with Crippen molar-refractivity contribution in [2.24, 2.45) is 0 Å². The zero-order chi connectivity index (χ0) is 18.9. The van der Waals surface area contributed by atoms with Crippen molar-refractivity contribution in [2.75, 3.05) is 5.75 Å². The Kier molecular flexibility index (Phi) is 4.36. The number of amides is 1. The van der Waals surface area contributed by atoms with Gasteiger partial charge in [0.1, 0.15) is 12.0 Å². The molecule has 27 heavy (non-hydrogen) atoms. The summed E-state index contributed by atoms with van der Waals surface area (Å²) in [6, 6.07) is 6.90. The van der Waals surface area contributed by atoms with Crippen LogP contribution in [0.2, 0.25) is 0 Å². The summed E-state index contributed by atoms with van der Waals surface area (Å²) < 4.78 is 33.8. The predicted octanol–water partition coefficient (Wildman–Crippen LogP) is 1.84. The molecule has 138 valence electrons. The third-order valence-electron chi connectivity index (χ3n) is 4.02. The third-order valence-corrected chi connectivity index (χ3v) is 5.42. The first kappa shape index (κ1) is 17.2. The van der Waals surface area contributed by atoms with Crippen molar-refractivity contribution in [2.45, 2.75) is 12.6 Å². The zero-order valence-electron chi connectivity index (χ0n) is 14.0. The molecule has 3 aromatic rings. The highest BCUT2D eigenvalue weighted by molar-refractivity contribution is 7.94. The summed E-state index contributed by atoms with van der Waals surface area (Å²) in [5.41, 5.74) is 0.0633. The van der Waals surface area contributed by atoms with Crippen molar-refractivity contribution >= 4 is 26.5 Å². The minimum atomic E-state index is -3.24. The van der Waals surface area contributed by atoms with Gasteiger partial charge in [-0.15, -0.1) is 0 Å². The molecular weight excluding hydrogens is 370 g/mol. The molecule has 1 amide bonds. The molecule has 1 N–H and O–H groups in total. The highest BCUT2D eigenvalue weighted by atomic mass is 32.2. The number of nitrogens with one attached hydrogen (secondary N) is 1. The van der Waals surface area contributed by atoms with E-state index in [1.165, 1.54) is 12.3 Å². The van der Waals surface area contributed by atoms with Gasteiger partial charge < -0.3 is 14.5 Å². The van der Waals surface area contributed by atoms with Gasteiger partial charge in [0.25, 0.3) is 5.91 Å². The molecule has 1 aromatic carbocycles. The number of nitrogens with zero attached hydrogens (tertiary/aromatic N) is 2. The molecule has 0 spiro atoms. The molecule has 1 aliphatic heterocycles. The monoisotopic (exact) mass is 385 g/mol. The van der Waals surface area contributed by atoms with Gasteiger partial charge in [0.05, 0.1) is 11.8 Å². The summed E-state index contributed by atoms with van der Waals surface area (Å²) in [6.45, 7) is 0.0480. The maximum Gasteiger partial charge on any atom is 0.273 e. The van der Waals surface area contributed by atoms with Crippen LogP contribution in [0.5, 0.6) is 5.75 Å². The van der Waals surface area contributed by atoms with Crippen LogP contribution >= 0.6 is 0 Å². The van der Waals surface area contributed by atoms with Crippen LogP contribution in [-0.4, -0.2) is 36.1 Å². The Morgan fingerprint density at radius 3 is 3.04 bits per heavy atom. The molecule has 0 saturated carbocycles. The Morgan fingerprint density at radius 1 is 1.33 bits per heavy atom. The Morgan fingerprint density at radius 2 is 2.22 bits per heavy atom. The third kappa shape index (κ3) is 3.82. The van der Waals surface area contributed by atoms with Crippen molar-refractivity contribution in [1.82, 2.24) is 15.3 Å². The van der Waals surface area contributed by atoms with Crippen molar-refractivity contribution in [3.05, 3.63) is 66.0 Å². The smallest absolute Gasteiger partial charge is 0.273 e. The second-order valence-electron chi connectivity index (χ2n) is 6.01. The number of pyridine rings is 1. The van der Waals surface area contributed by atoms with Gasteiger partial charge in [-0.2, -0.15) is 0 Å². The van der Waals surface area contributed by atoms with E-state index in [0.717, 1.165) is 16.2 Å². The maximum absolute atomic E-state index is 12.2. The van der Waals surface area contributed by atoms with Crippen molar-refractivity contribution in [3.8, 4) is 5.75 Å². The van der Waals surface area contributed by atoms with Gasteiger partial charge >= 0.3 is 0 Å². The Balaban J connectivity index is 1.41. The topological polar surface area (TPSA) is 111 Å². The number of ether oxygens (including phenoxy) is 1. The Bertz CT molecular complexity index is 1130. The lowest BCUT2D eigenvalue weighted by Crippen LogP contribution is -2.35. The van der Waals surface area contributed by atoms with Crippen LogP contribution in [0.1, 0.15) is 16.4 Å². The number of hydrogen-bond donors (Lipinski definition) is 1. The lowest BCUT2D eigenvalue weighted by molar-refractivity contribution is 0.0942. The van der Waals surface area contributed by atoms with Gasteiger partial charge in [-0.25, -0.2) is 13.4 Å². The van der Waals surface area contributed by atoms with Crippen LogP contribution in [0.4, 0.5) is 0 Å². The molecule has 0 radical (unpaired) electrons. The first-order valence-electron chi connectivity index (χ1n) is 8.12. The van der Waals surface area contributed by atoms with Crippen LogP contribution in [-0.2, 0) is 16.4 Å². The molecule has 0 fully saturated rings. The number of aromatic nitrogens is 2. The van der Waals surface area contributed by atoms with Crippen LogP contribution in [0.25, 0.3) is 10.8 Å². The van der Waals surface area contributed by atoms with Gasteiger partial charge in [-0.1, -0.05) is 12.1 Å². The van der Waals surface area contributed by atoms with E-state index in [1.807, 2.05) is 24.3 Å². The van der Waals surface area contributed by atoms with E-state index >= 15 is 0 Å². The first-order chi connectivity index (χ1) is 13.0. The molecule has 0 aliphatic carbocycles. The highest BCUT2D eigenvalue weighted by Crippen LogP contribution is 2.25. The molecule has 9 heteroatoms. The molecule has 1 aliphatic rings. The molecule has 0 bridgehead atoms. The van der Waals surface area contributed by atoms with Crippen molar-refractivity contribution < 1.29 is 22.4 Å². The molecule has 8 nitrogen and oxygen atoms in total. The number of benzene rings is 1. The summed E-state index contributed by atoms with van der Waals surface area (Å²) in [5, 5.41) is 5.54. The van der Waals surface area contributed by atoms with E-state index in [0.29, 0.717) is 5.75 Å². The fourth-order valence-corrected chi connectivity index (χ4v) is 3.98. The van der Waals surface area contributed by atoms with Gasteiger partial charge in [-0.05, 0) is 18.2 Å². The standard InChI is InChI=1S/C18H15N3O5S/c22-18(20-13-5-7-27(23,24)11-13)15-9-26-17(21-15)10-25-16-3-1-2-12-8-19-6-4-14(12)16/h1-9,13H,10-11H2,(H,20,22)/t13-/m0/s1. The minimum absolute atomic E-state index is 0.0480. The Labute approximate surface area is 154 Å². The summed E-state index contributed by atoms with van der Waals surface area (Å²) in [6.07, 6.45) is 6.08. The van der Waals surface area contributed by atoms with Gasteiger partial charge in [0, 0.05) is 28.6 Å². The summed E-state index contributed by atoms with van der Waals surface area (Å²) >= 11 is 0. The van der Waals surface area contributed by atoms with Crippen LogP contribution in [0.15, 0.2) is 58.8 Å². The molecule has 0 unspecified atom stereocenters. The van der Waals surface area contributed by atoms with Gasteiger partial charge in [-0.3, -0.25) is 9.78 Å². The van der Waals surface area contributed by atoms with E-state index in [9.17, 15) is 13.2 Å². The van der Waals surface area contributed by atoms with E-state index in [-0.39, 0.29) is 23.9 Å². The normalized spacial score (nSPS) is 17.9. The van der Waals surface area contributed by atoms with Gasteiger partial charge in [0.2, 0.25) is 5.89 Å². The molecule has 2 aromatic heterocycles. The number of oxazole rings is 1. The average molecular weight is 385 g/mol. The number of rotatable bonds is 5. The number of hydrogen-bond acceptors (Lipinski definition) is 7. The largest absolute Gasteiger partial charge is 0.483 e. The van der Waals surface area contributed by atoms with E-state index in [2.05, 4.69) is 15.3 Å².